The molecule has 3 amide bonds. The smallest absolute Gasteiger partial charge is 0.317 e. The van der Waals surface area contributed by atoms with Crippen LogP contribution in [0.25, 0.3) is 0 Å². The maximum absolute atomic E-state index is 12.4. The molecule has 0 unspecified atom stereocenters. The van der Waals surface area contributed by atoms with Gasteiger partial charge in [0.05, 0.1) is 6.26 Å². The number of benzene rings is 1. The lowest BCUT2D eigenvalue weighted by Gasteiger charge is -2.34. The summed E-state index contributed by atoms with van der Waals surface area (Å²) in [5, 5.41) is 2.96. The Balaban J connectivity index is 1.53. The molecule has 1 fully saturated rings. The summed E-state index contributed by atoms with van der Waals surface area (Å²) in [4.78, 5) is 28.0. The zero-order valence-corrected chi connectivity index (χ0v) is 15.8. The van der Waals surface area contributed by atoms with Crippen molar-refractivity contribution in [3.8, 4) is 0 Å². The van der Waals surface area contributed by atoms with Gasteiger partial charge in [0.15, 0.2) is 0 Å². The number of nitrogens with one attached hydrogen (secondary N) is 1. The normalized spacial score (nSPS) is 15.7. The molecule has 27 heavy (non-hydrogen) atoms. The van der Waals surface area contributed by atoms with Gasteiger partial charge in [0.1, 0.15) is 12.3 Å². The molecule has 1 saturated heterocycles. The van der Waals surface area contributed by atoms with Crippen molar-refractivity contribution in [2.75, 3.05) is 32.7 Å². The van der Waals surface area contributed by atoms with Crippen LogP contribution in [-0.4, -0.2) is 54.5 Å². The Morgan fingerprint density at radius 1 is 1.19 bits per heavy atom. The molecule has 0 radical (unpaired) electrons. The van der Waals surface area contributed by atoms with Crippen molar-refractivity contribution < 1.29 is 14.0 Å². The number of piperazine rings is 1. The van der Waals surface area contributed by atoms with Crippen LogP contribution in [0.1, 0.15) is 37.0 Å². The number of amides is 3. The number of hydrogen-bond donors (Lipinski definition) is 1. The maximum atomic E-state index is 12.4. The summed E-state index contributed by atoms with van der Waals surface area (Å²) in [6, 6.07) is 13.8. The monoisotopic (exact) mass is 369 g/mol. The van der Waals surface area contributed by atoms with Crippen molar-refractivity contribution in [1.29, 1.82) is 0 Å². The summed E-state index contributed by atoms with van der Waals surface area (Å²) >= 11 is 0. The molecule has 6 heteroatoms. The zero-order chi connectivity index (χ0) is 19.1. The number of rotatable bonds is 7. The van der Waals surface area contributed by atoms with E-state index in [2.05, 4.69) is 24.4 Å². The van der Waals surface area contributed by atoms with Crippen LogP contribution in [0.15, 0.2) is 53.1 Å². The van der Waals surface area contributed by atoms with Gasteiger partial charge in [-0.05, 0) is 30.5 Å². The average Bonchev–Trinajstić information content (AvgIpc) is 3.22. The van der Waals surface area contributed by atoms with Gasteiger partial charge in [-0.15, -0.1) is 0 Å². The van der Waals surface area contributed by atoms with E-state index in [4.69, 9.17) is 4.42 Å². The van der Waals surface area contributed by atoms with Gasteiger partial charge in [-0.3, -0.25) is 4.79 Å². The molecule has 1 aromatic carbocycles. The Labute approximate surface area is 160 Å². The molecule has 1 aliphatic rings. The van der Waals surface area contributed by atoms with Crippen LogP contribution in [0.4, 0.5) is 4.79 Å². The van der Waals surface area contributed by atoms with Crippen LogP contribution in [0.2, 0.25) is 0 Å². The predicted molar refractivity (Wildman–Crippen MR) is 103 cm³/mol. The first-order chi connectivity index (χ1) is 13.2. The predicted octanol–water partition coefficient (Wildman–Crippen LogP) is 3.07. The number of urea groups is 1. The summed E-state index contributed by atoms with van der Waals surface area (Å²) < 4.78 is 5.60. The quantitative estimate of drug-likeness (QED) is 0.816. The Morgan fingerprint density at radius 2 is 2.00 bits per heavy atom. The van der Waals surface area contributed by atoms with E-state index in [1.54, 1.807) is 11.2 Å². The minimum absolute atomic E-state index is 0.0241. The van der Waals surface area contributed by atoms with Gasteiger partial charge in [-0.1, -0.05) is 37.3 Å². The van der Waals surface area contributed by atoms with Crippen molar-refractivity contribution in [2.45, 2.75) is 25.7 Å². The van der Waals surface area contributed by atoms with Crippen molar-refractivity contribution in [3.05, 3.63) is 60.1 Å². The van der Waals surface area contributed by atoms with Crippen LogP contribution in [0.3, 0.4) is 0 Å². The second-order valence-corrected chi connectivity index (χ2v) is 6.80. The number of furan rings is 1. The van der Waals surface area contributed by atoms with Crippen molar-refractivity contribution in [2.24, 2.45) is 0 Å². The van der Waals surface area contributed by atoms with Crippen molar-refractivity contribution in [3.63, 3.8) is 0 Å². The zero-order valence-electron chi connectivity index (χ0n) is 15.8. The lowest BCUT2D eigenvalue weighted by atomic mass is 9.93. The van der Waals surface area contributed by atoms with E-state index in [-0.39, 0.29) is 24.4 Å². The second kappa shape index (κ2) is 9.26. The van der Waals surface area contributed by atoms with Gasteiger partial charge in [0.25, 0.3) is 0 Å². The summed E-state index contributed by atoms with van der Waals surface area (Å²) in [7, 11) is 0. The Hall–Kier alpha value is -2.76. The van der Waals surface area contributed by atoms with Crippen LogP contribution >= 0.6 is 0 Å². The molecule has 1 atom stereocenters. The molecule has 0 bridgehead atoms. The van der Waals surface area contributed by atoms with Crippen LogP contribution in [0.5, 0.6) is 0 Å². The minimum atomic E-state index is -0.175. The van der Waals surface area contributed by atoms with E-state index < -0.39 is 0 Å². The maximum Gasteiger partial charge on any atom is 0.317 e. The first kappa shape index (κ1) is 19.0. The Kier molecular flexibility index (Phi) is 6.52. The van der Waals surface area contributed by atoms with Crippen molar-refractivity contribution >= 4 is 11.9 Å². The van der Waals surface area contributed by atoms with Gasteiger partial charge < -0.3 is 19.5 Å². The van der Waals surface area contributed by atoms with E-state index in [1.807, 2.05) is 35.2 Å². The van der Waals surface area contributed by atoms with E-state index in [1.165, 1.54) is 0 Å². The first-order valence-electron chi connectivity index (χ1n) is 9.58. The number of hydrogen-bond acceptors (Lipinski definition) is 3. The standard InChI is InChI=1S/C21H27N3O3/c1-2-12-23-13-14-24(16-20(23)25)21(26)22-11-10-18(19-9-6-15-27-19)17-7-4-3-5-8-17/h3-9,15,18H,2,10-14,16H2,1H3,(H,22,26)/t18-/m1/s1. The van der Waals surface area contributed by atoms with E-state index in [0.717, 1.165) is 30.7 Å². The summed E-state index contributed by atoms with van der Waals surface area (Å²) in [5.41, 5.74) is 1.16. The number of carbonyl (C=O) groups is 2. The van der Waals surface area contributed by atoms with E-state index >= 15 is 0 Å². The third-order valence-electron chi connectivity index (χ3n) is 4.90. The van der Waals surface area contributed by atoms with Gasteiger partial charge >= 0.3 is 6.03 Å². The lowest BCUT2D eigenvalue weighted by molar-refractivity contribution is -0.134. The summed E-state index contributed by atoms with van der Waals surface area (Å²) in [6.07, 6.45) is 3.34. The molecule has 2 heterocycles. The molecule has 0 saturated carbocycles. The van der Waals surface area contributed by atoms with E-state index in [0.29, 0.717) is 19.6 Å². The van der Waals surface area contributed by atoms with Gasteiger partial charge in [-0.2, -0.15) is 0 Å². The first-order valence-corrected chi connectivity index (χ1v) is 9.58. The third-order valence-corrected chi connectivity index (χ3v) is 4.90. The van der Waals surface area contributed by atoms with Crippen molar-refractivity contribution in [1.82, 2.24) is 15.1 Å². The van der Waals surface area contributed by atoms with Crippen LogP contribution in [-0.2, 0) is 4.79 Å². The number of nitrogens with zero attached hydrogens (tertiary/aromatic N) is 2. The van der Waals surface area contributed by atoms with Gasteiger partial charge in [0, 0.05) is 32.1 Å². The molecule has 6 nitrogen and oxygen atoms in total. The highest BCUT2D eigenvalue weighted by Gasteiger charge is 2.26. The molecule has 0 aliphatic carbocycles. The molecular formula is C21H27N3O3. The summed E-state index contributed by atoms with van der Waals surface area (Å²) in [5.74, 6) is 0.999. The second-order valence-electron chi connectivity index (χ2n) is 6.80. The molecule has 0 spiro atoms. The fourth-order valence-corrected chi connectivity index (χ4v) is 3.47. The highest BCUT2D eigenvalue weighted by Crippen LogP contribution is 2.27. The fourth-order valence-electron chi connectivity index (χ4n) is 3.47. The van der Waals surface area contributed by atoms with E-state index in [9.17, 15) is 9.59 Å². The van der Waals surface area contributed by atoms with Crippen LogP contribution in [0, 0.1) is 0 Å². The molecule has 3 rings (SSSR count). The molecule has 144 valence electrons. The molecular weight excluding hydrogens is 342 g/mol. The fraction of sp³-hybridized carbons (Fsp3) is 0.429. The topological polar surface area (TPSA) is 65.8 Å². The molecule has 1 aliphatic heterocycles. The highest BCUT2D eigenvalue weighted by atomic mass is 16.3. The Bertz CT molecular complexity index is 730. The van der Waals surface area contributed by atoms with Gasteiger partial charge in [0.2, 0.25) is 5.91 Å². The van der Waals surface area contributed by atoms with Crippen LogP contribution < -0.4 is 5.32 Å². The Morgan fingerprint density at radius 3 is 2.67 bits per heavy atom. The molecule has 1 N–H and O–H groups in total. The minimum Gasteiger partial charge on any atom is -0.469 e. The lowest BCUT2D eigenvalue weighted by Crippen LogP contribution is -2.54. The van der Waals surface area contributed by atoms with Gasteiger partial charge in [-0.25, -0.2) is 4.79 Å². The molecule has 1 aromatic heterocycles. The largest absolute Gasteiger partial charge is 0.469 e. The summed E-state index contributed by atoms with van der Waals surface area (Å²) in [6.45, 7) is 4.68. The SMILES string of the molecule is CCCN1CCN(C(=O)NCC[C@H](c2ccccc2)c2ccco2)CC1=O. The third kappa shape index (κ3) is 4.90. The number of carbonyl (C=O) groups excluding carboxylic acids is 2. The highest BCUT2D eigenvalue weighted by molar-refractivity contribution is 5.85. The average molecular weight is 369 g/mol. The molecule has 2 aromatic rings.